The minimum Gasteiger partial charge on any atom is -0.321 e. The van der Waals surface area contributed by atoms with Crippen LogP contribution in [0.25, 0.3) is 9.88 Å². The van der Waals surface area contributed by atoms with Gasteiger partial charge < -0.3 is 5.32 Å². The molecule has 0 aliphatic rings. The minimum atomic E-state index is -0.178. The first-order chi connectivity index (χ1) is 10.7. The Morgan fingerprint density at radius 2 is 2.05 bits per heavy atom. The van der Waals surface area contributed by atoms with Gasteiger partial charge in [0.15, 0.2) is 0 Å². The lowest BCUT2D eigenvalue weighted by molar-refractivity contribution is 0.103. The second kappa shape index (κ2) is 6.10. The maximum Gasteiger partial charge on any atom is 0.267 e. The second-order valence-corrected chi connectivity index (χ2v) is 6.50. The summed E-state index contributed by atoms with van der Waals surface area (Å²) in [6.45, 7) is 1.83. The monoisotopic (exact) mass is 325 g/mol. The highest BCUT2D eigenvalue weighted by Gasteiger charge is 2.16. The summed E-state index contributed by atoms with van der Waals surface area (Å²) in [4.78, 5) is 18.5. The van der Waals surface area contributed by atoms with Gasteiger partial charge >= 0.3 is 0 Å². The highest BCUT2D eigenvalue weighted by atomic mass is 32.1. The number of carbonyl (C=O) groups excluding carboxylic acids is 1. The zero-order valence-electron chi connectivity index (χ0n) is 11.7. The minimum absolute atomic E-state index is 0.178. The summed E-state index contributed by atoms with van der Waals surface area (Å²) in [6, 6.07) is 12.8. The van der Waals surface area contributed by atoms with Crippen molar-refractivity contribution in [3.05, 3.63) is 57.9 Å². The lowest BCUT2D eigenvalue weighted by Crippen LogP contribution is -2.11. The smallest absolute Gasteiger partial charge is 0.267 e. The van der Waals surface area contributed by atoms with E-state index in [-0.39, 0.29) is 5.91 Å². The molecule has 0 unspecified atom stereocenters. The van der Waals surface area contributed by atoms with Gasteiger partial charge in [-0.1, -0.05) is 6.07 Å². The van der Waals surface area contributed by atoms with Crippen LogP contribution < -0.4 is 5.32 Å². The molecular weight excluding hydrogens is 314 g/mol. The molecule has 3 rings (SSSR count). The highest BCUT2D eigenvalue weighted by Crippen LogP contribution is 2.31. The number of nitrogens with one attached hydrogen (secondary N) is 1. The number of nitrogens with zero attached hydrogens (tertiary/aromatic N) is 2. The molecule has 0 spiro atoms. The van der Waals surface area contributed by atoms with Crippen LogP contribution in [0.4, 0.5) is 5.69 Å². The summed E-state index contributed by atoms with van der Waals surface area (Å²) in [5.41, 5.74) is 1.95. The number of anilines is 1. The molecule has 22 heavy (non-hydrogen) atoms. The van der Waals surface area contributed by atoms with E-state index in [1.807, 2.05) is 30.5 Å². The number of rotatable bonds is 3. The average molecular weight is 325 g/mol. The highest BCUT2D eigenvalue weighted by molar-refractivity contribution is 7.22. The van der Waals surface area contributed by atoms with Crippen molar-refractivity contribution in [2.24, 2.45) is 0 Å². The van der Waals surface area contributed by atoms with Crippen LogP contribution in [-0.4, -0.2) is 10.9 Å². The van der Waals surface area contributed by atoms with E-state index in [0.29, 0.717) is 16.1 Å². The van der Waals surface area contributed by atoms with Gasteiger partial charge in [0.25, 0.3) is 5.91 Å². The van der Waals surface area contributed by atoms with Gasteiger partial charge in [0.1, 0.15) is 9.88 Å². The standard InChI is InChI=1S/C16H11N3OS2/c1-10-14(22-16(18-10)13-3-2-8-21-13)15(20)19-12-6-4-11(9-17)5-7-12/h2-8H,1H3,(H,19,20). The van der Waals surface area contributed by atoms with Crippen molar-refractivity contribution in [2.45, 2.75) is 6.92 Å². The summed E-state index contributed by atoms with van der Waals surface area (Å²) >= 11 is 2.99. The number of amides is 1. The number of hydrogen-bond acceptors (Lipinski definition) is 5. The van der Waals surface area contributed by atoms with Crippen LogP contribution in [0.5, 0.6) is 0 Å². The third-order valence-electron chi connectivity index (χ3n) is 3.01. The van der Waals surface area contributed by atoms with E-state index in [2.05, 4.69) is 10.3 Å². The first-order valence-corrected chi connectivity index (χ1v) is 8.20. The lowest BCUT2D eigenvalue weighted by Gasteiger charge is -2.03. The molecule has 1 aromatic carbocycles. The Balaban J connectivity index is 1.81. The number of thiophene rings is 1. The average Bonchev–Trinajstić information content (AvgIpc) is 3.17. The van der Waals surface area contributed by atoms with E-state index in [1.54, 1.807) is 35.6 Å². The lowest BCUT2D eigenvalue weighted by atomic mass is 10.2. The number of nitriles is 1. The van der Waals surface area contributed by atoms with Crippen molar-refractivity contribution < 1.29 is 4.79 Å². The van der Waals surface area contributed by atoms with Gasteiger partial charge in [0, 0.05) is 5.69 Å². The predicted molar refractivity (Wildman–Crippen MR) is 89.3 cm³/mol. The van der Waals surface area contributed by atoms with E-state index in [0.717, 1.165) is 15.6 Å². The molecule has 0 aliphatic carbocycles. The summed E-state index contributed by atoms with van der Waals surface area (Å²) in [6.07, 6.45) is 0. The largest absolute Gasteiger partial charge is 0.321 e. The third-order valence-corrected chi connectivity index (χ3v) is 5.20. The number of carbonyl (C=O) groups is 1. The van der Waals surface area contributed by atoms with Crippen LogP contribution in [0.2, 0.25) is 0 Å². The van der Waals surface area contributed by atoms with E-state index < -0.39 is 0 Å². The molecule has 0 aliphatic heterocycles. The molecule has 1 N–H and O–H groups in total. The quantitative estimate of drug-likeness (QED) is 0.780. The van der Waals surface area contributed by atoms with Crippen molar-refractivity contribution in [1.82, 2.24) is 4.98 Å². The number of benzene rings is 1. The maximum absolute atomic E-state index is 12.4. The van der Waals surface area contributed by atoms with Crippen LogP contribution in [0.3, 0.4) is 0 Å². The molecule has 6 heteroatoms. The first-order valence-electron chi connectivity index (χ1n) is 6.50. The van der Waals surface area contributed by atoms with Gasteiger partial charge in [-0.25, -0.2) is 4.98 Å². The van der Waals surface area contributed by atoms with E-state index >= 15 is 0 Å². The third kappa shape index (κ3) is 2.91. The van der Waals surface area contributed by atoms with Crippen molar-refractivity contribution >= 4 is 34.3 Å². The fourth-order valence-electron chi connectivity index (χ4n) is 1.93. The fraction of sp³-hybridized carbons (Fsp3) is 0.0625. The van der Waals surface area contributed by atoms with E-state index in [9.17, 15) is 4.79 Å². The summed E-state index contributed by atoms with van der Waals surface area (Å²) in [5, 5.41) is 14.5. The molecule has 1 amide bonds. The number of aromatic nitrogens is 1. The van der Waals surface area contributed by atoms with E-state index in [1.165, 1.54) is 11.3 Å². The van der Waals surface area contributed by atoms with Crippen LogP contribution in [-0.2, 0) is 0 Å². The summed E-state index contributed by atoms with van der Waals surface area (Å²) < 4.78 is 0. The normalized spacial score (nSPS) is 10.2. The van der Waals surface area contributed by atoms with Crippen LogP contribution in [0, 0.1) is 18.3 Å². The molecule has 0 saturated heterocycles. The van der Waals surface area contributed by atoms with Gasteiger partial charge in [-0.15, -0.1) is 22.7 Å². The Morgan fingerprint density at radius 3 is 2.68 bits per heavy atom. The van der Waals surface area contributed by atoms with Crippen molar-refractivity contribution in [2.75, 3.05) is 5.32 Å². The van der Waals surface area contributed by atoms with Gasteiger partial charge in [0.05, 0.1) is 22.2 Å². The molecule has 0 fully saturated rings. The van der Waals surface area contributed by atoms with Gasteiger partial charge in [-0.3, -0.25) is 4.79 Å². The van der Waals surface area contributed by atoms with Crippen LogP contribution >= 0.6 is 22.7 Å². The first kappa shape index (κ1) is 14.4. The van der Waals surface area contributed by atoms with Gasteiger partial charge in [-0.05, 0) is 42.6 Å². The molecule has 0 bridgehead atoms. The van der Waals surface area contributed by atoms with E-state index in [4.69, 9.17) is 5.26 Å². The predicted octanol–water partition coefficient (Wildman–Crippen LogP) is 4.30. The van der Waals surface area contributed by atoms with Crippen molar-refractivity contribution in [3.63, 3.8) is 0 Å². The van der Waals surface area contributed by atoms with Gasteiger partial charge in [-0.2, -0.15) is 5.26 Å². The van der Waals surface area contributed by atoms with Crippen LogP contribution in [0.15, 0.2) is 41.8 Å². The molecule has 0 saturated carbocycles. The topological polar surface area (TPSA) is 65.8 Å². The SMILES string of the molecule is Cc1nc(-c2cccs2)sc1C(=O)Nc1ccc(C#N)cc1. The number of aryl methyl sites for hydroxylation is 1. The Kier molecular flexibility index (Phi) is 4.00. The number of thiazole rings is 1. The Morgan fingerprint density at radius 1 is 1.27 bits per heavy atom. The zero-order valence-corrected chi connectivity index (χ0v) is 13.3. The Hall–Kier alpha value is -2.49. The van der Waals surface area contributed by atoms with Crippen LogP contribution in [0.1, 0.15) is 20.9 Å². The Labute approximate surface area is 135 Å². The molecule has 2 heterocycles. The Bertz CT molecular complexity index is 843. The number of hydrogen-bond donors (Lipinski definition) is 1. The molecule has 0 radical (unpaired) electrons. The second-order valence-electron chi connectivity index (χ2n) is 4.55. The summed E-state index contributed by atoms with van der Waals surface area (Å²) in [7, 11) is 0. The summed E-state index contributed by atoms with van der Waals surface area (Å²) in [5.74, 6) is -0.178. The molecule has 0 atom stereocenters. The van der Waals surface area contributed by atoms with Crippen molar-refractivity contribution in [3.8, 4) is 16.0 Å². The molecule has 4 nitrogen and oxygen atoms in total. The zero-order chi connectivity index (χ0) is 15.5. The van der Waals surface area contributed by atoms with Gasteiger partial charge in [0.2, 0.25) is 0 Å². The fourth-order valence-corrected chi connectivity index (χ4v) is 3.69. The molecule has 3 aromatic rings. The maximum atomic E-state index is 12.4. The molecule has 108 valence electrons. The molecule has 2 aromatic heterocycles. The van der Waals surface area contributed by atoms with Crippen molar-refractivity contribution in [1.29, 1.82) is 5.26 Å². The molecular formula is C16H11N3OS2.